The summed E-state index contributed by atoms with van der Waals surface area (Å²) in [6, 6.07) is 18.5. The predicted octanol–water partition coefficient (Wildman–Crippen LogP) is 2.83. The molecule has 2 aromatic carbocycles. The average Bonchev–Trinajstić information content (AvgIpc) is 2.46. The van der Waals surface area contributed by atoms with Crippen LogP contribution in [0.15, 0.2) is 54.6 Å². The van der Waals surface area contributed by atoms with E-state index in [4.69, 9.17) is 10.6 Å². The van der Waals surface area contributed by atoms with Crippen molar-refractivity contribution in [3.05, 3.63) is 65.7 Å². The Hall–Kier alpha value is -1.84. The molecule has 0 spiro atoms. The average molecular weight is 256 g/mol. The smallest absolute Gasteiger partial charge is 0.119 e. The van der Waals surface area contributed by atoms with E-state index in [0.717, 1.165) is 17.7 Å². The van der Waals surface area contributed by atoms with E-state index in [1.54, 1.807) is 0 Å². The molecular formula is C16H20N2O. The lowest BCUT2D eigenvalue weighted by molar-refractivity contribution is 0.339. The minimum atomic E-state index is 0.0859. The summed E-state index contributed by atoms with van der Waals surface area (Å²) in [5, 5.41) is 0. The van der Waals surface area contributed by atoms with Crippen LogP contribution in [0, 0.1) is 0 Å². The molecule has 0 saturated heterocycles. The van der Waals surface area contributed by atoms with Gasteiger partial charge in [0.25, 0.3) is 0 Å². The van der Waals surface area contributed by atoms with Gasteiger partial charge < -0.3 is 4.74 Å². The first-order valence-electron chi connectivity index (χ1n) is 6.56. The third-order valence-electron chi connectivity index (χ3n) is 3.06. The Morgan fingerprint density at radius 3 is 2.58 bits per heavy atom. The third kappa shape index (κ3) is 3.81. The van der Waals surface area contributed by atoms with Crippen LogP contribution >= 0.6 is 0 Å². The zero-order valence-corrected chi connectivity index (χ0v) is 11.2. The zero-order valence-electron chi connectivity index (χ0n) is 11.2. The molecule has 0 amide bonds. The highest BCUT2D eigenvalue weighted by molar-refractivity contribution is 5.31. The Balaban J connectivity index is 2.15. The largest absolute Gasteiger partial charge is 0.494 e. The molecule has 100 valence electrons. The van der Waals surface area contributed by atoms with Gasteiger partial charge in [-0.1, -0.05) is 42.5 Å². The first-order valence-corrected chi connectivity index (χ1v) is 6.56. The molecule has 3 N–H and O–H groups in total. The van der Waals surface area contributed by atoms with Crippen LogP contribution in [0.5, 0.6) is 5.75 Å². The highest BCUT2D eigenvalue weighted by Gasteiger charge is 2.11. The Kier molecular flexibility index (Phi) is 4.95. The van der Waals surface area contributed by atoms with Gasteiger partial charge in [-0.2, -0.15) is 0 Å². The van der Waals surface area contributed by atoms with Gasteiger partial charge in [0, 0.05) is 0 Å². The number of hydrogen-bond donors (Lipinski definition) is 2. The summed E-state index contributed by atoms with van der Waals surface area (Å²) < 4.78 is 5.52. The summed E-state index contributed by atoms with van der Waals surface area (Å²) in [6.45, 7) is 2.65. The standard InChI is InChI=1S/C16H20N2O/c1-2-19-15-10-6-9-14(12-15)16(18-17)11-13-7-4-3-5-8-13/h3-10,12,16,18H,2,11,17H2,1H3. The normalized spacial score (nSPS) is 12.1. The highest BCUT2D eigenvalue weighted by Crippen LogP contribution is 2.22. The van der Waals surface area contributed by atoms with Crippen LogP contribution in [-0.2, 0) is 6.42 Å². The van der Waals surface area contributed by atoms with Crippen LogP contribution in [0.2, 0.25) is 0 Å². The summed E-state index contributed by atoms with van der Waals surface area (Å²) >= 11 is 0. The van der Waals surface area contributed by atoms with Crippen molar-refractivity contribution in [3.63, 3.8) is 0 Å². The lowest BCUT2D eigenvalue weighted by Gasteiger charge is -2.17. The molecule has 0 radical (unpaired) electrons. The van der Waals surface area contributed by atoms with E-state index in [2.05, 4.69) is 23.6 Å². The van der Waals surface area contributed by atoms with Crippen LogP contribution in [0.25, 0.3) is 0 Å². The minimum Gasteiger partial charge on any atom is -0.494 e. The quantitative estimate of drug-likeness (QED) is 0.617. The molecule has 1 atom stereocenters. The highest BCUT2D eigenvalue weighted by atomic mass is 16.5. The molecule has 0 aromatic heterocycles. The summed E-state index contributed by atoms with van der Waals surface area (Å²) in [7, 11) is 0. The number of nitrogens with two attached hydrogens (primary N) is 1. The zero-order chi connectivity index (χ0) is 13.5. The lowest BCUT2D eigenvalue weighted by atomic mass is 9.99. The molecule has 0 bridgehead atoms. The van der Waals surface area contributed by atoms with E-state index in [-0.39, 0.29) is 6.04 Å². The molecule has 0 aliphatic heterocycles. The second-order valence-corrected chi connectivity index (χ2v) is 4.41. The number of hydrogen-bond acceptors (Lipinski definition) is 3. The summed E-state index contributed by atoms with van der Waals surface area (Å²) in [4.78, 5) is 0. The van der Waals surface area contributed by atoms with Crippen molar-refractivity contribution in [2.75, 3.05) is 6.61 Å². The molecule has 3 nitrogen and oxygen atoms in total. The van der Waals surface area contributed by atoms with Gasteiger partial charge in [-0.15, -0.1) is 0 Å². The molecular weight excluding hydrogens is 236 g/mol. The van der Waals surface area contributed by atoms with Gasteiger partial charge in [-0.25, -0.2) is 0 Å². The topological polar surface area (TPSA) is 47.3 Å². The van der Waals surface area contributed by atoms with Gasteiger partial charge in [0.05, 0.1) is 12.6 Å². The van der Waals surface area contributed by atoms with Crippen molar-refractivity contribution in [3.8, 4) is 5.75 Å². The van der Waals surface area contributed by atoms with Gasteiger partial charge in [0.1, 0.15) is 5.75 Å². The van der Waals surface area contributed by atoms with Gasteiger partial charge >= 0.3 is 0 Å². The Bertz CT molecular complexity index is 499. The summed E-state index contributed by atoms with van der Waals surface area (Å²) in [6.07, 6.45) is 0.854. The van der Waals surface area contributed by atoms with Crippen molar-refractivity contribution in [2.45, 2.75) is 19.4 Å². The van der Waals surface area contributed by atoms with E-state index in [9.17, 15) is 0 Å². The van der Waals surface area contributed by atoms with E-state index in [1.165, 1.54) is 5.56 Å². The summed E-state index contributed by atoms with van der Waals surface area (Å²) in [5.74, 6) is 6.57. The van der Waals surface area contributed by atoms with Crippen LogP contribution in [0.3, 0.4) is 0 Å². The molecule has 0 saturated carbocycles. The molecule has 2 aromatic rings. The molecule has 19 heavy (non-hydrogen) atoms. The third-order valence-corrected chi connectivity index (χ3v) is 3.06. The maximum absolute atomic E-state index is 5.69. The molecule has 1 unspecified atom stereocenters. The van der Waals surface area contributed by atoms with Crippen LogP contribution < -0.4 is 16.0 Å². The fourth-order valence-electron chi connectivity index (χ4n) is 2.11. The van der Waals surface area contributed by atoms with Gasteiger partial charge in [0.15, 0.2) is 0 Å². The second-order valence-electron chi connectivity index (χ2n) is 4.41. The fourth-order valence-corrected chi connectivity index (χ4v) is 2.11. The second kappa shape index (κ2) is 6.92. The first-order chi connectivity index (χ1) is 9.33. The molecule has 3 heteroatoms. The van der Waals surface area contributed by atoms with Gasteiger partial charge in [0.2, 0.25) is 0 Å². The molecule has 2 rings (SSSR count). The Morgan fingerprint density at radius 2 is 1.89 bits per heavy atom. The van der Waals surface area contributed by atoms with Crippen molar-refractivity contribution in [1.82, 2.24) is 5.43 Å². The van der Waals surface area contributed by atoms with E-state index >= 15 is 0 Å². The lowest BCUT2D eigenvalue weighted by Crippen LogP contribution is -2.29. The van der Waals surface area contributed by atoms with Crippen molar-refractivity contribution in [1.29, 1.82) is 0 Å². The van der Waals surface area contributed by atoms with Crippen LogP contribution in [0.4, 0.5) is 0 Å². The number of hydrazine groups is 1. The van der Waals surface area contributed by atoms with Crippen molar-refractivity contribution < 1.29 is 4.74 Å². The van der Waals surface area contributed by atoms with E-state index in [0.29, 0.717) is 6.61 Å². The summed E-state index contributed by atoms with van der Waals surface area (Å²) in [5.41, 5.74) is 5.27. The molecule has 0 aliphatic carbocycles. The maximum atomic E-state index is 5.69. The number of nitrogens with one attached hydrogen (secondary N) is 1. The van der Waals surface area contributed by atoms with Crippen molar-refractivity contribution >= 4 is 0 Å². The van der Waals surface area contributed by atoms with Crippen LogP contribution in [0.1, 0.15) is 24.1 Å². The molecule has 0 aliphatic rings. The minimum absolute atomic E-state index is 0.0859. The monoisotopic (exact) mass is 256 g/mol. The maximum Gasteiger partial charge on any atom is 0.119 e. The first kappa shape index (κ1) is 13.6. The number of benzene rings is 2. The SMILES string of the molecule is CCOc1cccc(C(Cc2ccccc2)NN)c1. The van der Waals surface area contributed by atoms with E-state index in [1.807, 2.05) is 43.3 Å². The number of rotatable bonds is 6. The molecule has 0 heterocycles. The Labute approximate surface area is 114 Å². The predicted molar refractivity (Wildman–Crippen MR) is 77.8 cm³/mol. The molecule has 0 fully saturated rings. The van der Waals surface area contributed by atoms with Gasteiger partial charge in [-0.05, 0) is 36.6 Å². The van der Waals surface area contributed by atoms with Gasteiger partial charge in [-0.3, -0.25) is 11.3 Å². The Morgan fingerprint density at radius 1 is 1.11 bits per heavy atom. The fraction of sp³-hybridized carbons (Fsp3) is 0.250. The van der Waals surface area contributed by atoms with E-state index < -0.39 is 0 Å². The number of ether oxygens (including phenoxy) is 1. The van der Waals surface area contributed by atoms with Crippen molar-refractivity contribution in [2.24, 2.45) is 5.84 Å². The van der Waals surface area contributed by atoms with Crippen LogP contribution in [-0.4, -0.2) is 6.61 Å².